The Hall–Kier alpha value is -1.18. The van der Waals surface area contributed by atoms with E-state index in [0.717, 1.165) is 71.9 Å². The van der Waals surface area contributed by atoms with Gasteiger partial charge in [0.25, 0.3) is 0 Å². The van der Waals surface area contributed by atoms with Gasteiger partial charge in [-0.15, -0.1) is 0 Å². The van der Waals surface area contributed by atoms with Crippen molar-refractivity contribution in [2.24, 2.45) is 0 Å². The molecule has 0 aromatic carbocycles. The summed E-state index contributed by atoms with van der Waals surface area (Å²) < 4.78 is 5.32. The molecule has 0 bridgehead atoms. The molecule has 0 unspecified atom stereocenters. The van der Waals surface area contributed by atoms with E-state index in [1.165, 1.54) is 0 Å². The fourth-order valence-corrected chi connectivity index (χ4v) is 3.51. The molecule has 3 rings (SSSR count). The van der Waals surface area contributed by atoms with E-state index < -0.39 is 0 Å². The third-order valence-electron chi connectivity index (χ3n) is 5.20. The molecule has 0 radical (unpaired) electrons. The lowest BCUT2D eigenvalue weighted by Gasteiger charge is -2.36. The molecule has 0 aromatic rings. The molecular weight excluding hydrogens is 308 g/mol. The van der Waals surface area contributed by atoms with Gasteiger partial charge in [0.15, 0.2) is 0 Å². The molecule has 0 spiro atoms. The maximum atomic E-state index is 12.4. The zero-order chi connectivity index (χ0) is 16.9. The van der Waals surface area contributed by atoms with E-state index in [0.29, 0.717) is 19.1 Å². The Morgan fingerprint density at radius 3 is 2.17 bits per heavy atom. The van der Waals surface area contributed by atoms with Gasteiger partial charge in [-0.3, -0.25) is 19.4 Å². The van der Waals surface area contributed by atoms with Gasteiger partial charge in [0.1, 0.15) is 0 Å². The number of hydrogen-bond donors (Lipinski definition) is 0. The summed E-state index contributed by atoms with van der Waals surface area (Å²) in [4.78, 5) is 33.1. The van der Waals surface area contributed by atoms with Gasteiger partial charge in [-0.1, -0.05) is 0 Å². The minimum atomic E-state index is 0.205. The zero-order valence-electron chi connectivity index (χ0n) is 14.8. The van der Waals surface area contributed by atoms with E-state index in [-0.39, 0.29) is 11.8 Å². The second-order valence-electron chi connectivity index (χ2n) is 6.96. The normalized spacial score (nSPS) is 23.3. The van der Waals surface area contributed by atoms with Crippen molar-refractivity contribution < 1.29 is 14.3 Å². The number of likely N-dealkylation sites (N-methyl/N-ethyl adjacent to an activating group) is 1. The van der Waals surface area contributed by atoms with Crippen molar-refractivity contribution in [3.63, 3.8) is 0 Å². The maximum Gasteiger partial charge on any atom is 0.236 e. The van der Waals surface area contributed by atoms with Crippen LogP contribution in [0.15, 0.2) is 0 Å². The second kappa shape index (κ2) is 8.27. The Morgan fingerprint density at radius 1 is 0.958 bits per heavy atom. The van der Waals surface area contributed by atoms with Crippen molar-refractivity contribution in [3.8, 4) is 0 Å². The number of piperazine rings is 1. The fourth-order valence-electron chi connectivity index (χ4n) is 3.51. The largest absolute Gasteiger partial charge is 0.379 e. The Balaban J connectivity index is 1.38. The third-order valence-corrected chi connectivity index (χ3v) is 5.20. The van der Waals surface area contributed by atoms with Gasteiger partial charge >= 0.3 is 0 Å². The highest BCUT2D eigenvalue weighted by atomic mass is 16.5. The molecule has 3 aliphatic rings. The number of carbonyl (C=O) groups is 2. The molecule has 2 saturated heterocycles. The van der Waals surface area contributed by atoms with Gasteiger partial charge in [0.2, 0.25) is 11.8 Å². The fraction of sp³-hybridized carbons (Fsp3) is 0.882. The van der Waals surface area contributed by atoms with E-state index in [1.807, 2.05) is 9.80 Å². The van der Waals surface area contributed by atoms with Gasteiger partial charge < -0.3 is 14.5 Å². The third kappa shape index (κ3) is 4.68. The van der Waals surface area contributed by atoms with Crippen LogP contribution in [0.4, 0.5) is 0 Å². The number of nitrogens with zero attached hydrogens (tertiary/aromatic N) is 4. The SMILES string of the molecule is CCN(C(=O)CN1CCN(C(=O)CN2CCOCC2)CC1)C1CC1. The molecule has 1 aliphatic carbocycles. The molecule has 7 nitrogen and oxygen atoms in total. The van der Waals surface area contributed by atoms with Crippen LogP contribution in [0.3, 0.4) is 0 Å². The summed E-state index contributed by atoms with van der Waals surface area (Å²) in [5.74, 6) is 0.448. The number of ether oxygens (including phenoxy) is 1. The molecule has 2 heterocycles. The highest BCUT2D eigenvalue weighted by Gasteiger charge is 2.32. The first-order valence-electron chi connectivity index (χ1n) is 9.27. The van der Waals surface area contributed by atoms with E-state index in [1.54, 1.807) is 0 Å². The number of morpholine rings is 1. The van der Waals surface area contributed by atoms with Crippen LogP contribution in [0.25, 0.3) is 0 Å². The van der Waals surface area contributed by atoms with Crippen molar-refractivity contribution in [2.45, 2.75) is 25.8 Å². The van der Waals surface area contributed by atoms with Crippen LogP contribution >= 0.6 is 0 Å². The predicted octanol–water partition coefficient (Wildman–Crippen LogP) is -0.526. The topological polar surface area (TPSA) is 56.3 Å². The number of amides is 2. The lowest BCUT2D eigenvalue weighted by atomic mass is 10.2. The molecule has 1 saturated carbocycles. The van der Waals surface area contributed by atoms with Crippen LogP contribution < -0.4 is 0 Å². The minimum Gasteiger partial charge on any atom is -0.379 e. The molecule has 2 amide bonds. The molecule has 7 heteroatoms. The molecule has 0 N–H and O–H groups in total. The summed E-state index contributed by atoms with van der Waals surface area (Å²) in [6.07, 6.45) is 2.31. The van der Waals surface area contributed by atoms with Crippen molar-refractivity contribution >= 4 is 11.8 Å². The Bertz CT molecular complexity index is 441. The average Bonchev–Trinajstić information content (AvgIpc) is 3.42. The van der Waals surface area contributed by atoms with Crippen LogP contribution in [-0.2, 0) is 14.3 Å². The molecular formula is C17H30N4O3. The summed E-state index contributed by atoms with van der Waals surface area (Å²) in [6, 6.07) is 0.485. The van der Waals surface area contributed by atoms with Gasteiger partial charge in [-0.2, -0.15) is 0 Å². The number of hydrogen-bond acceptors (Lipinski definition) is 5. The van der Waals surface area contributed by atoms with E-state index in [9.17, 15) is 9.59 Å². The van der Waals surface area contributed by atoms with Crippen molar-refractivity contribution in [2.75, 3.05) is 72.1 Å². The van der Waals surface area contributed by atoms with Crippen molar-refractivity contribution in [1.29, 1.82) is 0 Å². The van der Waals surface area contributed by atoms with Crippen LogP contribution in [0.2, 0.25) is 0 Å². The smallest absolute Gasteiger partial charge is 0.236 e. The minimum absolute atomic E-state index is 0.205. The Kier molecular flexibility index (Phi) is 6.08. The van der Waals surface area contributed by atoms with Crippen molar-refractivity contribution in [1.82, 2.24) is 19.6 Å². The van der Waals surface area contributed by atoms with Gasteiger partial charge in [-0.05, 0) is 19.8 Å². The second-order valence-corrected chi connectivity index (χ2v) is 6.96. The monoisotopic (exact) mass is 338 g/mol. The predicted molar refractivity (Wildman–Crippen MR) is 90.7 cm³/mol. The van der Waals surface area contributed by atoms with Gasteiger partial charge in [0.05, 0.1) is 26.3 Å². The quantitative estimate of drug-likeness (QED) is 0.652. The standard InChI is InChI=1S/C17H30N4O3/c1-2-21(15-3-4-15)17(23)14-18-5-7-20(8-6-18)16(22)13-19-9-11-24-12-10-19/h15H,2-14H2,1H3. The van der Waals surface area contributed by atoms with Gasteiger partial charge in [-0.25, -0.2) is 0 Å². The Morgan fingerprint density at radius 2 is 1.58 bits per heavy atom. The van der Waals surface area contributed by atoms with E-state index in [4.69, 9.17) is 4.74 Å². The van der Waals surface area contributed by atoms with Crippen LogP contribution in [-0.4, -0.2) is 110 Å². The average molecular weight is 338 g/mol. The summed E-state index contributed by atoms with van der Waals surface area (Å²) in [5.41, 5.74) is 0. The van der Waals surface area contributed by atoms with Gasteiger partial charge in [0, 0.05) is 51.9 Å². The van der Waals surface area contributed by atoms with Crippen molar-refractivity contribution in [3.05, 3.63) is 0 Å². The van der Waals surface area contributed by atoms with E-state index >= 15 is 0 Å². The van der Waals surface area contributed by atoms with E-state index in [2.05, 4.69) is 16.7 Å². The number of carbonyl (C=O) groups excluding carboxylic acids is 2. The zero-order valence-corrected chi connectivity index (χ0v) is 14.8. The first kappa shape index (κ1) is 17.6. The summed E-state index contributed by atoms with van der Waals surface area (Å²) in [5, 5.41) is 0. The number of rotatable bonds is 6. The highest BCUT2D eigenvalue weighted by molar-refractivity contribution is 5.79. The molecule has 0 aromatic heterocycles. The maximum absolute atomic E-state index is 12.4. The van der Waals surface area contributed by atoms with Crippen LogP contribution in [0.5, 0.6) is 0 Å². The first-order chi connectivity index (χ1) is 11.7. The molecule has 24 heavy (non-hydrogen) atoms. The summed E-state index contributed by atoms with van der Waals surface area (Å²) in [7, 11) is 0. The lowest BCUT2D eigenvalue weighted by molar-refractivity contribution is -0.136. The molecule has 2 aliphatic heterocycles. The Labute approximate surface area is 144 Å². The summed E-state index contributed by atoms with van der Waals surface area (Å²) in [6.45, 7) is 10.0. The first-order valence-corrected chi connectivity index (χ1v) is 9.27. The lowest BCUT2D eigenvalue weighted by Crippen LogP contribution is -2.54. The van der Waals surface area contributed by atoms with Crippen LogP contribution in [0, 0.1) is 0 Å². The van der Waals surface area contributed by atoms with Crippen LogP contribution in [0.1, 0.15) is 19.8 Å². The summed E-state index contributed by atoms with van der Waals surface area (Å²) >= 11 is 0. The molecule has 136 valence electrons. The highest BCUT2D eigenvalue weighted by Crippen LogP contribution is 2.26. The molecule has 0 atom stereocenters. The molecule has 3 fully saturated rings.